The number of carbonyl (C=O) groups is 1. The number of carboxylic acids is 1. The molecule has 4 nitrogen and oxygen atoms in total. The molecular formula is C15H16N2O2. The highest BCUT2D eigenvalue weighted by atomic mass is 16.4. The van der Waals surface area contributed by atoms with E-state index in [2.05, 4.69) is 23.3 Å². The van der Waals surface area contributed by atoms with Gasteiger partial charge in [0.2, 0.25) is 0 Å². The van der Waals surface area contributed by atoms with Gasteiger partial charge in [-0.25, -0.2) is 4.79 Å². The standard InChI is InChI=1S/C15H16N2O2/c1-2-11-6-4-8-16-14(11)10-17-13-7-3-5-12(9-13)15(18)19/h3-9,17H,2,10H2,1H3,(H,18,19). The Morgan fingerprint density at radius 3 is 2.89 bits per heavy atom. The second-order valence-corrected chi connectivity index (χ2v) is 4.20. The van der Waals surface area contributed by atoms with Crippen molar-refractivity contribution in [2.45, 2.75) is 19.9 Å². The maximum atomic E-state index is 10.9. The van der Waals surface area contributed by atoms with Gasteiger partial charge in [-0.05, 0) is 36.2 Å². The molecule has 0 bridgehead atoms. The number of anilines is 1. The summed E-state index contributed by atoms with van der Waals surface area (Å²) in [6.45, 7) is 2.68. The average Bonchev–Trinajstić information content (AvgIpc) is 2.45. The molecule has 0 aliphatic rings. The smallest absolute Gasteiger partial charge is 0.335 e. The summed E-state index contributed by atoms with van der Waals surface area (Å²) < 4.78 is 0. The summed E-state index contributed by atoms with van der Waals surface area (Å²) in [6.07, 6.45) is 2.70. The Kier molecular flexibility index (Phi) is 4.13. The fourth-order valence-electron chi connectivity index (χ4n) is 1.90. The highest BCUT2D eigenvalue weighted by molar-refractivity contribution is 5.88. The molecule has 0 atom stereocenters. The summed E-state index contributed by atoms with van der Waals surface area (Å²) >= 11 is 0. The third-order valence-corrected chi connectivity index (χ3v) is 2.93. The topological polar surface area (TPSA) is 62.2 Å². The predicted molar refractivity (Wildman–Crippen MR) is 74.3 cm³/mol. The van der Waals surface area contributed by atoms with Crippen LogP contribution in [0.3, 0.4) is 0 Å². The zero-order chi connectivity index (χ0) is 13.7. The van der Waals surface area contributed by atoms with Crippen molar-refractivity contribution in [2.24, 2.45) is 0 Å². The van der Waals surface area contributed by atoms with Crippen LogP contribution in [0.2, 0.25) is 0 Å². The highest BCUT2D eigenvalue weighted by Gasteiger charge is 2.04. The molecule has 0 fully saturated rings. The van der Waals surface area contributed by atoms with E-state index in [1.54, 1.807) is 24.4 Å². The Morgan fingerprint density at radius 1 is 1.32 bits per heavy atom. The Balaban J connectivity index is 2.10. The van der Waals surface area contributed by atoms with Gasteiger partial charge in [-0.15, -0.1) is 0 Å². The maximum Gasteiger partial charge on any atom is 0.335 e. The van der Waals surface area contributed by atoms with Gasteiger partial charge in [0.05, 0.1) is 17.8 Å². The first-order valence-electron chi connectivity index (χ1n) is 6.20. The van der Waals surface area contributed by atoms with Crippen LogP contribution in [0, 0.1) is 0 Å². The van der Waals surface area contributed by atoms with Gasteiger partial charge in [-0.2, -0.15) is 0 Å². The quantitative estimate of drug-likeness (QED) is 0.863. The summed E-state index contributed by atoms with van der Waals surface area (Å²) in [6, 6.07) is 10.7. The molecule has 1 heterocycles. The van der Waals surface area contributed by atoms with Crippen LogP contribution in [0.5, 0.6) is 0 Å². The largest absolute Gasteiger partial charge is 0.478 e. The van der Waals surface area contributed by atoms with Crippen LogP contribution >= 0.6 is 0 Å². The number of pyridine rings is 1. The molecule has 98 valence electrons. The Bertz CT molecular complexity index is 582. The average molecular weight is 256 g/mol. The molecule has 4 heteroatoms. The number of aromatic carboxylic acids is 1. The maximum absolute atomic E-state index is 10.9. The number of hydrogen-bond donors (Lipinski definition) is 2. The van der Waals surface area contributed by atoms with Crippen LogP contribution in [0.1, 0.15) is 28.5 Å². The first kappa shape index (κ1) is 13.1. The molecule has 2 rings (SSSR count). The molecule has 1 aromatic heterocycles. The second kappa shape index (κ2) is 6.00. The fraction of sp³-hybridized carbons (Fsp3) is 0.200. The molecule has 0 saturated carbocycles. The summed E-state index contributed by atoms with van der Waals surface area (Å²) in [5.41, 5.74) is 3.25. The van der Waals surface area contributed by atoms with Crippen LogP contribution in [0.15, 0.2) is 42.6 Å². The van der Waals surface area contributed by atoms with E-state index < -0.39 is 5.97 Å². The first-order chi connectivity index (χ1) is 9.20. The van der Waals surface area contributed by atoms with E-state index in [4.69, 9.17) is 5.11 Å². The summed E-state index contributed by atoms with van der Waals surface area (Å²) in [7, 11) is 0. The van der Waals surface area contributed by atoms with Crippen molar-refractivity contribution >= 4 is 11.7 Å². The third kappa shape index (κ3) is 3.31. The van der Waals surface area contributed by atoms with Crippen molar-refractivity contribution < 1.29 is 9.90 Å². The Labute approximate surface area is 112 Å². The molecule has 1 aromatic carbocycles. The van der Waals surface area contributed by atoms with Gasteiger partial charge < -0.3 is 10.4 Å². The predicted octanol–water partition coefficient (Wildman–Crippen LogP) is 2.95. The fourth-order valence-corrected chi connectivity index (χ4v) is 1.90. The van der Waals surface area contributed by atoms with Crippen LogP contribution in [0.25, 0.3) is 0 Å². The number of benzene rings is 1. The molecule has 0 aliphatic carbocycles. The van der Waals surface area contributed by atoms with Crippen LogP contribution in [0.4, 0.5) is 5.69 Å². The van der Waals surface area contributed by atoms with E-state index in [9.17, 15) is 4.79 Å². The van der Waals surface area contributed by atoms with Crippen molar-refractivity contribution in [3.05, 3.63) is 59.4 Å². The van der Waals surface area contributed by atoms with Crippen LogP contribution in [-0.2, 0) is 13.0 Å². The number of rotatable bonds is 5. The van der Waals surface area contributed by atoms with Crippen molar-refractivity contribution in [1.82, 2.24) is 4.98 Å². The first-order valence-corrected chi connectivity index (χ1v) is 6.20. The van der Waals surface area contributed by atoms with Gasteiger partial charge in [0.25, 0.3) is 0 Å². The van der Waals surface area contributed by atoms with Crippen LogP contribution < -0.4 is 5.32 Å². The molecular weight excluding hydrogens is 240 g/mol. The molecule has 19 heavy (non-hydrogen) atoms. The van der Waals surface area contributed by atoms with E-state index in [0.717, 1.165) is 17.8 Å². The molecule has 2 aromatic rings. The lowest BCUT2D eigenvalue weighted by molar-refractivity contribution is 0.0697. The summed E-state index contributed by atoms with van der Waals surface area (Å²) in [5, 5.41) is 12.1. The minimum atomic E-state index is -0.921. The third-order valence-electron chi connectivity index (χ3n) is 2.93. The van der Waals surface area contributed by atoms with E-state index in [-0.39, 0.29) is 5.56 Å². The zero-order valence-corrected chi connectivity index (χ0v) is 10.8. The summed E-state index contributed by atoms with van der Waals surface area (Å²) in [4.78, 5) is 15.2. The van der Waals surface area contributed by atoms with Crippen molar-refractivity contribution in [2.75, 3.05) is 5.32 Å². The number of carboxylic acid groups (broad SMARTS) is 1. The molecule has 0 unspecified atom stereocenters. The van der Waals surface area contributed by atoms with Gasteiger partial charge in [-0.1, -0.05) is 19.1 Å². The lowest BCUT2D eigenvalue weighted by atomic mass is 10.1. The Hall–Kier alpha value is -2.36. The van der Waals surface area contributed by atoms with E-state index in [0.29, 0.717) is 6.54 Å². The Morgan fingerprint density at radius 2 is 2.16 bits per heavy atom. The van der Waals surface area contributed by atoms with Crippen molar-refractivity contribution in [3.8, 4) is 0 Å². The molecule has 0 radical (unpaired) electrons. The van der Waals surface area contributed by atoms with Crippen molar-refractivity contribution in [3.63, 3.8) is 0 Å². The summed E-state index contributed by atoms with van der Waals surface area (Å²) in [5.74, 6) is -0.921. The minimum Gasteiger partial charge on any atom is -0.478 e. The van der Waals surface area contributed by atoms with Gasteiger partial charge >= 0.3 is 5.97 Å². The number of nitrogens with one attached hydrogen (secondary N) is 1. The number of aromatic nitrogens is 1. The second-order valence-electron chi connectivity index (χ2n) is 4.20. The number of hydrogen-bond acceptors (Lipinski definition) is 3. The molecule has 0 spiro atoms. The van der Waals surface area contributed by atoms with E-state index >= 15 is 0 Å². The van der Waals surface area contributed by atoms with Gasteiger partial charge in [0, 0.05) is 11.9 Å². The van der Waals surface area contributed by atoms with Gasteiger partial charge in [0.1, 0.15) is 0 Å². The van der Waals surface area contributed by atoms with E-state index in [1.165, 1.54) is 5.56 Å². The molecule has 2 N–H and O–H groups in total. The molecule has 0 saturated heterocycles. The zero-order valence-electron chi connectivity index (χ0n) is 10.8. The van der Waals surface area contributed by atoms with Gasteiger partial charge in [-0.3, -0.25) is 4.98 Å². The van der Waals surface area contributed by atoms with Crippen molar-refractivity contribution in [1.29, 1.82) is 0 Å². The number of nitrogens with zero attached hydrogens (tertiary/aromatic N) is 1. The minimum absolute atomic E-state index is 0.279. The normalized spacial score (nSPS) is 10.2. The number of aryl methyl sites for hydroxylation is 1. The van der Waals surface area contributed by atoms with Crippen LogP contribution in [-0.4, -0.2) is 16.1 Å². The lowest BCUT2D eigenvalue weighted by Gasteiger charge is -2.09. The highest BCUT2D eigenvalue weighted by Crippen LogP contribution is 2.13. The SMILES string of the molecule is CCc1cccnc1CNc1cccc(C(=O)O)c1. The molecule has 0 aliphatic heterocycles. The monoisotopic (exact) mass is 256 g/mol. The lowest BCUT2D eigenvalue weighted by Crippen LogP contribution is -2.05. The molecule has 0 amide bonds. The van der Waals surface area contributed by atoms with Gasteiger partial charge in [0.15, 0.2) is 0 Å². The van der Waals surface area contributed by atoms with E-state index in [1.807, 2.05) is 12.1 Å².